The first-order valence-corrected chi connectivity index (χ1v) is 4.42. The minimum Gasteiger partial charge on any atom is -0.481 e. The maximum atomic E-state index is 12.7. The molecule has 0 saturated carbocycles. The Morgan fingerprint density at radius 2 is 2.31 bits per heavy atom. The number of pyridine rings is 1. The van der Waals surface area contributed by atoms with Crippen LogP contribution in [0.5, 0.6) is 0 Å². The number of alkyl halides is 2. The van der Waals surface area contributed by atoms with Crippen LogP contribution in [-0.4, -0.2) is 16.1 Å². The van der Waals surface area contributed by atoms with Crippen molar-refractivity contribution in [1.29, 1.82) is 5.26 Å². The predicted molar refractivity (Wildman–Crippen MR) is 50.3 cm³/mol. The normalized spacial score (nSPS) is 10.2. The van der Waals surface area contributed by atoms with E-state index >= 15 is 0 Å². The molecule has 0 aromatic carbocycles. The van der Waals surface area contributed by atoms with E-state index in [1.807, 2.05) is 0 Å². The quantitative estimate of drug-likeness (QED) is 0.887. The maximum Gasteiger partial charge on any atom is 0.307 e. The Morgan fingerprint density at radius 3 is 2.75 bits per heavy atom. The zero-order valence-corrected chi connectivity index (χ0v) is 8.50. The van der Waals surface area contributed by atoms with Crippen LogP contribution in [0.3, 0.4) is 0 Å². The topological polar surface area (TPSA) is 74.0 Å². The smallest absolute Gasteiger partial charge is 0.307 e. The van der Waals surface area contributed by atoms with Gasteiger partial charge in [-0.1, -0.05) is 11.6 Å². The summed E-state index contributed by atoms with van der Waals surface area (Å²) in [5, 5.41) is 17.0. The number of rotatable bonds is 3. The first-order valence-electron chi connectivity index (χ1n) is 4.04. The number of nitriles is 1. The summed E-state index contributed by atoms with van der Waals surface area (Å²) in [4.78, 5) is 13.9. The van der Waals surface area contributed by atoms with Crippen LogP contribution in [0, 0.1) is 11.3 Å². The molecule has 0 bridgehead atoms. The van der Waals surface area contributed by atoms with Crippen molar-refractivity contribution < 1.29 is 18.7 Å². The number of hydrogen-bond donors (Lipinski definition) is 1. The summed E-state index contributed by atoms with van der Waals surface area (Å²) >= 11 is 5.58. The van der Waals surface area contributed by atoms with Crippen molar-refractivity contribution in [3.8, 4) is 6.07 Å². The van der Waals surface area contributed by atoms with E-state index in [1.54, 1.807) is 0 Å². The van der Waals surface area contributed by atoms with Gasteiger partial charge in [-0.15, -0.1) is 0 Å². The van der Waals surface area contributed by atoms with Gasteiger partial charge in [0.15, 0.2) is 0 Å². The van der Waals surface area contributed by atoms with E-state index in [0.717, 1.165) is 6.20 Å². The highest BCUT2D eigenvalue weighted by Gasteiger charge is 2.23. The number of halogens is 3. The Labute approximate surface area is 94.1 Å². The summed E-state index contributed by atoms with van der Waals surface area (Å²) in [5.41, 5.74) is -1.48. The Kier molecular flexibility index (Phi) is 3.74. The molecule has 0 saturated heterocycles. The van der Waals surface area contributed by atoms with Gasteiger partial charge in [0.2, 0.25) is 0 Å². The van der Waals surface area contributed by atoms with Crippen molar-refractivity contribution in [3.05, 3.63) is 28.0 Å². The van der Waals surface area contributed by atoms with Gasteiger partial charge >= 0.3 is 5.97 Å². The molecule has 0 unspecified atom stereocenters. The molecule has 0 aliphatic rings. The van der Waals surface area contributed by atoms with Crippen LogP contribution in [0.4, 0.5) is 8.78 Å². The predicted octanol–water partition coefficient (Wildman–Crippen LogP) is 2.17. The molecule has 16 heavy (non-hydrogen) atoms. The molecule has 84 valence electrons. The zero-order chi connectivity index (χ0) is 12.3. The molecular weight excluding hydrogens is 242 g/mol. The second-order valence-electron chi connectivity index (χ2n) is 2.83. The first kappa shape index (κ1) is 12.3. The summed E-state index contributed by atoms with van der Waals surface area (Å²) in [6, 6.07) is 1.48. The van der Waals surface area contributed by atoms with Crippen molar-refractivity contribution in [2.75, 3.05) is 0 Å². The zero-order valence-electron chi connectivity index (χ0n) is 7.75. The van der Waals surface area contributed by atoms with Crippen LogP contribution in [0.25, 0.3) is 0 Å². The van der Waals surface area contributed by atoms with Gasteiger partial charge in [-0.3, -0.25) is 4.79 Å². The number of carboxylic acids is 1. The summed E-state index contributed by atoms with van der Waals surface area (Å²) in [5.74, 6) is -1.31. The summed E-state index contributed by atoms with van der Waals surface area (Å²) in [6.45, 7) is 0. The molecule has 1 heterocycles. The summed E-state index contributed by atoms with van der Waals surface area (Å²) in [7, 11) is 0. The van der Waals surface area contributed by atoms with Crippen molar-refractivity contribution in [2.45, 2.75) is 12.8 Å². The van der Waals surface area contributed by atoms with E-state index in [1.165, 1.54) is 6.07 Å². The van der Waals surface area contributed by atoms with Crippen molar-refractivity contribution in [2.24, 2.45) is 0 Å². The number of aliphatic carboxylic acids is 1. The first-order chi connectivity index (χ1) is 7.47. The van der Waals surface area contributed by atoms with Gasteiger partial charge in [0.1, 0.15) is 11.8 Å². The second kappa shape index (κ2) is 4.86. The van der Waals surface area contributed by atoms with Crippen LogP contribution in [0.2, 0.25) is 5.02 Å². The Bertz CT molecular complexity index is 471. The van der Waals surface area contributed by atoms with Crippen LogP contribution >= 0.6 is 11.6 Å². The van der Waals surface area contributed by atoms with E-state index in [0.29, 0.717) is 0 Å². The lowest BCUT2D eigenvalue weighted by Crippen LogP contribution is -2.08. The fourth-order valence-corrected chi connectivity index (χ4v) is 1.41. The molecule has 0 spiro atoms. The third kappa shape index (κ3) is 2.44. The van der Waals surface area contributed by atoms with Gasteiger partial charge in [0, 0.05) is 6.20 Å². The van der Waals surface area contributed by atoms with Crippen LogP contribution in [-0.2, 0) is 11.2 Å². The molecular formula is C9H5ClF2N2O2. The number of hydrogen-bond acceptors (Lipinski definition) is 3. The number of carbonyl (C=O) groups is 1. The van der Waals surface area contributed by atoms with Crippen molar-refractivity contribution in [1.82, 2.24) is 4.98 Å². The second-order valence-corrected chi connectivity index (χ2v) is 3.24. The van der Waals surface area contributed by atoms with E-state index in [9.17, 15) is 13.6 Å². The average Bonchev–Trinajstić information content (AvgIpc) is 2.19. The maximum absolute atomic E-state index is 12.7. The largest absolute Gasteiger partial charge is 0.481 e. The summed E-state index contributed by atoms with van der Waals surface area (Å²) in [6.07, 6.45) is -2.67. The third-order valence-corrected chi connectivity index (χ3v) is 2.15. The molecule has 4 nitrogen and oxygen atoms in total. The molecule has 0 radical (unpaired) electrons. The monoisotopic (exact) mass is 246 g/mol. The van der Waals surface area contributed by atoms with Crippen LogP contribution < -0.4 is 0 Å². The Morgan fingerprint density at radius 1 is 1.69 bits per heavy atom. The Hall–Kier alpha value is -1.74. The van der Waals surface area contributed by atoms with Gasteiger partial charge in [-0.25, -0.2) is 13.8 Å². The molecule has 1 aromatic rings. The lowest BCUT2D eigenvalue weighted by Gasteiger charge is -2.09. The van der Waals surface area contributed by atoms with E-state index in [4.69, 9.17) is 22.0 Å². The minimum atomic E-state index is -2.99. The van der Waals surface area contributed by atoms with Crippen LogP contribution in [0.15, 0.2) is 6.20 Å². The lowest BCUT2D eigenvalue weighted by atomic mass is 10.0. The molecule has 1 N–H and O–H groups in total. The highest BCUT2D eigenvalue weighted by atomic mass is 35.5. The highest BCUT2D eigenvalue weighted by Crippen LogP contribution is 2.30. The molecule has 0 atom stereocenters. The molecule has 1 rings (SSSR count). The van der Waals surface area contributed by atoms with Crippen molar-refractivity contribution >= 4 is 17.6 Å². The summed E-state index contributed by atoms with van der Waals surface area (Å²) < 4.78 is 25.3. The SMILES string of the molecule is N#Cc1ncc(Cl)c(CC(=O)O)c1C(F)F. The van der Waals surface area contributed by atoms with Gasteiger partial charge < -0.3 is 5.11 Å². The average molecular weight is 247 g/mol. The highest BCUT2D eigenvalue weighted by molar-refractivity contribution is 6.31. The lowest BCUT2D eigenvalue weighted by molar-refractivity contribution is -0.136. The molecule has 0 amide bonds. The van der Waals surface area contributed by atoms with Gasteiger partial charge in [0.05, 0.1) is 17.0 Å². The molecule has 0 aliphatic carbocycles. The number of aromatic nitrogens is 1. The number of carboxylic acid groups (broad SMARTS) is 1. The van der Waals surface area contributed by atoms with Crippen LogP contribution in [0.1, 0.15) is 23.2 Å². The van der Waals surface area contributed by atoms with E-state index in [-0.39, 0.29) is 10.6 Å². The van der Waals surface area contributed by atoms with E-state index in [2.05, 4.69) is 4.98 Å². The molecule has 1 aromatic heterocycles. The van der Waals surface area contributed by atoms with Crippen molar-refractivity contribution in [3.63, 3.8) is 0 Å². The number of nitrogens with zero attached hydrogens (tertiary/aromatic N) is 2. The van der Waals surface area contributed by atoms with Gasteiger partial charge in [0.25, 0.3) is 6.43 Å². The van der Waals surface area contributed by atoms with E-state index < -0.39 is 30.1 Å². The molecule has 0 fully saturated rings. The third-order valence-electron chi connectivity index (χ3n) is 1.83. The standard InChI is InChI=1S/C9H5ClF2N2O2/c10-5-3-14-6(2-13)8(9(11)12)4(5)1-7(15)16/h3,9H,1H2,(H,15,16). The molecule has 7 heteroatoms. The fourth-order valence-electron chi connectivity index (χ4n) is 1.20. The van der Waals surface area contributed by atoms with Gasteiger partial charge in [-0.2, -0.15) is 5.26 Å². The minimum absolute atomic E-state index is 0.184. The Balaban J connectivity index is 3.43. The van der Waals surface area contributed by atoms with Gasteiger partial charge in [-0.05, 0) is 5.56 Å². The fraction of sp³-hybridized carbons (Fsp3) is 0.222. The molecule has 0 aliphatic heterocycles.